The SMILES string of the molecule is CN(Cc1cnc2ccc(Cl)cn12)C(=O)C(F)Cl.O=C(O)C(F)(F)F. The molecule has 0 saturated heterocycles. The Hall–Kier alpha value is -2.07. The predicted molar refractivity (Wildman–Crippen MR) is 81.1 cm³/mol. The third kappa shape index (κ3) is 6.05. The second-order valence-electron chi connectivity index (χ2n) is 4.62. The lowest BCUT2D eigenvalue weighted by Crippen LogP contribution is -2.31. The van der Waals surface area contributed by atoms with Gasteiger partial charge in [-0.2, -0.15) is 13.2 Å². The quantitative estimate of drug-likeness (QED) is 0.630. The van der Waals surface area contributed by atoms with Crippen LogP contribution >= 0.6 is 23.2 Å². The first-order valence-corrected chi connectivity index (χ1v) is 7.19. The van der Waals surface area contributed by atoms with E-state index in [0.717, 1.165) is 5.69 Å². The number of carboxylic acids is 1. The van der Waals surface area contributed by atoms with E-state index in [1.165, 1.54) is 11.9 Å². The maximum atomic E-state index is 12.7. The normalized spacial score (nSPS) is 12.3. The van der Waals surface area contributed by atoms with Crippen molar-refractivity contribution in [3.63, 3.8) is 0 Å². The van der Waals surface area contributed by atoms with Crippen LogP contribution in [0.15, 0.2) is 24.5 Å². The molecule has 0 spiro atoms. The topological polar surface area (TPSA) is 74.9 Å². The van der Waals surface area contributed by atoms with Crippen LogP contribution < -0.4 is 0 Å². The van der Waals surface area contributed by atoms with Gasteiger partial charge in [-0.05, 0) is 12.1 Å². The van der Waals surface area contributed by atoms with E-state index in [0.29, 0.717) is 10.7 Å². The molecule has 2 heterocycles. The van der Waals surface area contributed by atoms with Gasteiger partial charge in [-0.15, -0.1) is 0 Å². The molecule has 1 unspecified atom stereocenters. The summed E-state index contributed by atoms with van der Waals surface area (Å²) in [5, 5.41) is 7.68. The highest BCUT2D eigenvalue weighted by Crippen LogP contribution is 2.15. The van der Waals surface area contributed by atoms with Gasteiger partial charge in [-0.3, -0.25) is 4.79 Å². The molecule has 1 atom stereocenters. The van der Waals surface area contributed by atoms with Gasteiger partial charge in [-0.25, -0.2) is 14.2 Å². The molecule has 0 aliphatic heterocycles. The average Bonchev–Trinajstić information content (AvgIpc) is 2.88. The van der Waals surface area contributed by atoms with E-state index in [9.17, 15) is 22.4 Å². The Labute approximate surface area is 148 Å². The van der Waals surface area contributed by atoms with Crippen molar-refractivity contribution in [2.24, 2.45) is 0 Å². The number of carbonyl (C=O) groups excluding carboxylic acids is 1. The van der Waals surface area contributed by atoms with E-state index >= 15 is 0 Å². The smallest absolute Gasteiger partial charge is 0.475 e. The van der Waals surface area contributed by atoms with Crippen LogP contribution in [-0.4, -0.2) is 50.1 Å². The Morgan fingerprint density at radius 3 is 2.44 bits per heavy atom. The summed E-state index contributed by atoms with van der Waals surface area (Å²) in [6, 6.07) is 3.48. The first-order valence-electron chi connectivity index (χ1n) is 6.38. The average molecular weight is 404 g/mol. The number of imidazole rings is 1. The van der Waals surface area contributed by atoms with Crippen molar-refractivity contribution in [3.05, 3.63) is 35.2 Å². The number of nitrogens with zero attached hydrogens (tertiary/aromatic N) is 3. The zero-order chi connectivity index (χ0) is 19.4. The molecule has 2 rings (SSSR count). The third-order valence-electron chi connectivity index (χ3n) is 2.75. The molecule has 1 amide bonds. The van der Waals surface area contributed by atoms with Gasteiger partial charge in [0.2, 0.25) is 0 Å². The highest BCUT2D eigenvalue weighted by atomic mass is 35.5. The highest BCUT2D eigenvalue weighted by molar-refractivity contribution is 6.30. The Morgan fingerprint density at radius 1 is 1.40 bits per heavy atom. The molecule has 6 nitrogen and oxygen atoms in total. The Morgan fingerprint density at radius 2 is 1.96 bits per heavy atom. The molecule has 138 valence electrons. The van der Waals surface area contributed by atoms with Gasteiger partial charge in [0.25, 0.3) is 11.5 Å². The van der Waals surface area contributed by atoms with Gasteiger partial charge in [-0.1, -0.05) is 23.2 Å². The molecule has 25 heavy (non-hydrogen) atoms. The van der Waals surface area contributed by atoms with Crippen LogP contribution in [0.5, 0.6) is 0 Å². The lowest BCUT2D eigenvalue weighted by Gasteiger charge is -2.16. The number of aliphatic carboxylic acids is 1. The molecule has 2 aromatic rings. The number of carbonyl (C=O) groups is 2. The monoisotopic (exact) mass is 403 g/mol. The van der Waals surface area contributed by atoms with Crippen molar-refractivity contribution in [2.75, 3.05) is 7.05 Å². The minimum Gasteiger partial charge on any atom is -0.475 e. The zero-order valence-electron chi connectivity index (χ0n) is 12.5. The molecule has 0 radical (unpaired) electrons. The van der Waals surface area contributed by atoms with Crippen molar-refractivity contribution in [2.45, 2.75) is 18.4 Å². The molecule has 1 N–H and O–H groups in total. The van der Waals surface area contributed by atoms with Crippen LogP contribution in [0.4, 0.5) is 17.6 Å². The number of hydrogen-bond acceptors (Lipinski definition) is 3. The summed E-state index contributed by atoms with van der Waals surface area (Å²) in [5.41, 5.74) is -0.601. The van der Waals surface area contributed by atoms with E-state index in [4.69, 9.17) is 33.1 Å². The van der Waals surface area contributed by atoms with Gasteiger partial charge >= 0.3 is 12.1 Å². The second kappa shape index (κ2) is 8.34. The van der Waals surface area contributed by atoms with Crippen molar-refractivity contribution in [1.29, 1.82) is 0 Å². The van der Waals surface area contributed by atoms with E-state index in [1.54, 1.807) is 28.9 Å². The molecular weight excluding hydrogens is 393 g/mol. The minimum atomic E-state index is -5.08. The van der Waals surface area contributed by atoms with Crippen LogP contribution in [0.25, 0.3) is 5.65 Å². The molecule has 0 aliphatic carbocycles. The molecule has 0 aliphatic rings. The lowest BCUT2D eigenvalue weighted by molar-refractivity contribution is -0.192. The number of amides is 1. The number of hydrogen-bond donors (Lipinski definition) is 1. The van der Waals surface area contributed by atoms with Crippen LogP contribution in [0.3, 0.4) is 0 Å². The van der Waals surface area contributed by atoms with Crippen LogP contribution in [0.2, 0.25) is 5.02 Å². The van der Waals surface area contributed by atoms with Gasteiger partial charge < -0.3 is 14.4 Å². The molecule has 0 aromatic carbocycles. The van der Waals surface area contributed by atoms with E-state index in [2.05, 4.69) is 4.98 Å². The summed E-state index contributed by atoms with van der Waals surface area (Å²) in [4.78, 5) is 25.6. The summed E-state index contributed by atoms with van der Waals surface area (Å²) in [5.74, 6) is -3.54. The summed E-state index contributed by atoms with van der Waals surface area (Å²) in [7, 11) is 1.47. The van der Waals surface area contributed by atoms with Crippen molar-refractivity contribution >= 4 is 40.7 Å². The maximum absolute atomic E-state index is 12.7. The van der Waals surface area contributed by atoms with Gasteiger partial charge in [0.1, 0.15) is 5.65 Å². The number of alkyl halides is 5. The van der Waals surface area contributed by atoms with Gasteiger partial charge in [0.05, 0.1) is 23.5 Å². The number of rotatable bonds is 3. The lowest BCUT2D eigenvalue weighted by atomic mass is 10.4. The number of carboxylic acid groups (broad SMARTS) is 1. The van der Waals surface area contributed by atoms with Crippen LogP contribution in [-0.2, 0) is 16.1 Å². The number of pyridine rings is 1. The molecule has 0 fully saturated rings. The second-order valence-corrected chi connectivity index (χ2v) is 5.44. The molecular formula is C13H11Cl2F4N3O3. The largest absolute Gasteiger partial charge is 0.490 e. The third-order valence-corrected chi connectivity index (χ3v) is 3.16. The van der Waals surface area contributed by atoms with Crippen molar-refractivity contribution < 1.29 is 32.3 Å². The van der Waals surface area contributed by atoms with Crippen LogP contribution in [0.1, 0.15) is 5.69 Å². The number of aromatic nitrogens is 2. The highest BCUT2D eigenvalue weighted by Gasteiger charge is 2.38. The van der Waals surface area contributed by atoms with E-state index in [1.807, 2.05) is 0 Å². The fourth-order valence-electron chi connectivity index (χ4n) is 1.61. The van der Waals surface area contributed by atoms with Gasteiger partial charge in [0.15, 0.2) is 0 Å². The first-order chi connectivity index (χ1) is 11.4. The summed E-state index contributed by atoms with van der Waals surface area (Å²) in [6.45, 7) is 0.202. The fourth-order valence-corrected chi connectivity index (χ4v) is 1.94. The first kappa shape index (κ1) is 21.0. The number of halogens is 6. The van der Waals surface area contributed by atoms with E-state index < -0.39 is 23.7 Å². The summed E-state index contributed by atoms with van der Waals surface area (Å²) >= 11 is 11.0. The molecule has 12 heteroatoms. The van der Waals surface area contributed by atoms with Gasteiger partial charge in [0, 0.05) is 13.2 Å². The zero-order valence-corrected chi connectivity index (χ0v) is 14.0. The Kier molecular flexibility index (Phi) is 7.00. The standard InChI is InChI=1S/C11H10Cl2FN3O.C2HF3O2/c1-16(11(18)10(13)14)6-8-4-15-9-3-2-7(12)5-17(8)9;3-2(4,5)1(6)7/h2-5,10H,6H2,1H3;(H,6,7). The van der Waals surface area contributed by atoms with Crippen LogP contribution in [0, 0.1) is 0 Å². The molecule has 0 bridgehead atoms. The summed E-state index contributed by atoms with van der Waals surface area (Å²) in [6.07, 6.45) is -1.79. The maximum Gasteiger partial charge on any atom is 0.490 e. The molecule has 0 saturated carbocycles. The Balaban J connectivity index is 0.000000381. The minimum absolute atomic E-state index is 0.202. The predicted octanol–water partition coefficient (Wildman–Crippen LogP) is 3.11. The van der Waals surface area contributed by atoms with E-state index in [-0.39, 0.29) is 6.54 Å². The summed E-state index contributed by atoms with van der Waals surface area (Å²) < 4.78 is 46.2. The fraction of sp³-hybridized carbons (Fsp3) is 0.308. The van der Waals surface area contributed by atoms with Crippen molar-refractivity contribution in [3.8, 4) is 0 Å². The Bertz CT molecular complexity index is 765. The van der Waals surface area contributed by atoms with Crippen molar-refractivity contribution in [1.82, 2.24) is 14.3 Å². The molecule has 2 aromatic heterocycles. The number of fused-ring (bicyclic) bond motifs is 1.